The van der Waals surface area contributed by atoms with Gasteiger partial charge in [-0.25, -0.2) is 0 Å². The summed E-state index contributed by atoms with van der Waals surface area (Å²) in [6.07, 6.45) is 0.476. The molecule has 1 N–H and O–H groups in total. The number of methoxy groups -OCH3 is 1. The van der Waals surface area contributed by atoms with Crippen LogP contribution >= 0.6 is 0 Å². The van der Waals surface area contributed by atoms with E-state index in [1.807, 2.05) is 48.5 Å². The summed E-state index contributed by atoms with van der Waals surface area (Å²) in [4.78, 5) is 12.2. The lowest BCUT2D eigenvalue weighted by Crippen LogP contribution is -2.22. The predicted octanol–water partition coefficient (Wildman–Crippen LogP) is 3.43. The van der Waals surface area contributed by atoms with Crippen LogP contribution < -0.4 is 10.1 Å². The maximum absolute atomic E-state index is 12.2. The van der Waals surface area contributed by atoms with Crippen LogP contribution in [0.15, 0.2) is 48.5 Å². The van der Waals surface area contributed by atoms with Gasteiger partial charge in [0.05, 0.1) is 13.2 Å². The lowest BCUT2D eigenvalue weighted by molar-refractivity contribution is 0.0972. The minimum atomic E-state index is 0.0116. The maximum Gasteiger partial charge on any atom is 0.167 e. The number of hydrogen-bond acceptors (Lipinski definition) is 3. The summed E-state index contributed by atoms with van der Waals surface area (Å²) in [6.45, 7) is 0. The second kappa shape index (κ2) is 4.76. The standard InChI is InChI=1S/C16H15NO2/c1-19-12-6-4-5-11(9-12)15-10-16(18)13-7-2-3-8-14(13)17-15/h2-9,15,17H,10H2,1H3/t15-/m1/s1. The Labute approximate surface area is 112 Å². The average Bonchev–Trinajstić information content (AvgIpc) is 2.47. The molecule has 3 nitrogen and oxygen atoms in total. The van der Waals surface area contributed by atoms with Crippen LogP contribution in [0, 0.1) is 0 Å². The lowest BCUT2D eigenvalue weighted by Gasteiger charge is -2.26. The Morgan fingerprint density at radius 1 is 1.16 bits per heavy atom. The summed E-state index contributed by atoms with van der Waals surface area (Å²) in [5, 5.41) is 3.42. The van der Waals surface area contributed by atoms with Crippen molar-refractivity contribution in [3.63, 3.8) is 0 Å². The SMILES string of the molecule is COc1cccc([C@H]2CC(=O)c3ccccc3N2)c1. The third kappa shape index (κ3) is 2.19. The van der Waals surface area contributed by atoms with Gasteiger partial charge in [-0.2, -0.15) is 0 Å². The summed E-state index contributed by atoms with van der Waals surface area (Å²) < 4.78 is 5.23. The number of benzene rings is 2. The molecule has 19 heavy (non-hydrogen) atoms. The van der Waals surface area contributed by atoms with Gasteiger partial charge in [0.25, 0.3) is 0 Å². The van der Waals surface area contributed by atoms with Crippen molar-refractivity contribution in [2.24, 2.45) is 0 Å². The van der Waals surface area contributed by atoms with Crippen LogP contribution in [-0.2, 0) is 0 Å². The molecule has 3 rings (SSSR count). The van der Waals surface area contributed by atoms with Crippen LogP contribution in [0.2, 0.25) is 0 Å². The van der Waals surface area contributed by atoms with Crippen molar-refractivity contribution in [2.75, 3.05) is 12.4 Å². The Morgan fingerprint density at radius 3 is 2.84 bits per heavy atom. The predicted molar refractivity (Wildman–Crippen MR) is 74.7 cm³/mol. The third-order valence-corrected chi connectivity index (χ3v) is 3.44. The van der Waals surface area contributed by atoms with E-state index in [4.69, 9.17) is 4.74 Å². The van der Waals surface area contributed by atoms with Gasteiger partial charge in [-0.15, -0.1) is 0 Å². The summed E-state index contributed by atoms with van der Waals surface area (Å²) >= 11 is 0. The minimum absolute atomic E-state index is 0.0116. The van der Waals surface area contributed by atoms with Crippen LogP contribution in [0.5, 0.6) is 5.75 Å². The molecule has 0 saturated carbocycles. The summed E-state index contributed by atoms with van der Waals surface area (Å²) in [7, 11) is 1.65. The average molecular weight is 253 g/mol. The van der Waals surface area contributed by atoms with E-state index >= 15 is 0 Å². The molecular weight excluding hydrogens is 238 g/mol. The Balaban J connectivity index is 1.94. The first-order valence-corrected chi connectivity index (χ1v) is 6.30. The fraction of sp³-hybridized carbons (Fsp3) is 0.188. The zero-order chi connectivity index (χ0) is 13.2. The van der Waals surface area contributed by atoms with Gasteiger partial charge in [-0.1, -0.05) is 24.3 Å². The van der Waals surface area contributed by atoms with Crippen molar-refractivity contribution in [1.82, 2.24) is 0 Å². The van der Waals surface area contributed by atoms with Gasteiger partial charge in [0.1, 0.15) is 5.75 Å². The number of nitrogens with one attached hydrogen (secondary N) is 1. The van der Waals surface area contributed by atoms with E-state index in [0.717, 1.165) is 22.6 Å². The monoisotopic (exact) mass is 253 g/mol. The van der Waals surface area contributed by atoms with Crippen molar-refractivity contribution >= 4 is 11.5 Å². The topological polar surface area (TPSA) is 38.3 Å². The number of ketones is 1. The van der Waals surface area contributed by atoms with Crippen LogP contribution in [0.4, 0.5) is 5.69 Å². The first-order valence-electron chi connectivity index (χ1n) is 6.30. The molecule has 0 bridgehead atoms. The van der Waals surface area contributed by atoms with Gasteiger partial charge in [-0.3, -0.25) is 4.79 Å². The lowest BCUT2D eigenvalue weighted by atomic mass is 9.92. The second-order valence-corrected chi connectivity index (χ2v) is 4.65. The first-order chi connectivity index (χ1) is 9.28. The van der Waals surface area contributed by atoms with Gasteiger partial charge < -0.3 is 10.1 Å². The molecule has 1 heterocycles. The smallest absolute Gasteiger partial charge is 0.167 e. The van der Waals surface area contributed by atoms with Crippen LogP contribution in [0.3, 0.4) is 0 Å². The molecular formula is C16H15NO2. The van der Waals surface area contributed by atoms with E-state index in [9.17, 15) is 4.79 Å². The van der Waals surface area contributed by atoms with Gasteiger partial charge in [0.15, 0.2) is 5.78 Å². The highest BCUT2D eigenvalue weighted by Gasteiger charge is 2.25. The number of rotatable bonds is 2. The van der Waals surface area contributed by atoms with Gasteiger partial charge >= 0.3 is 0 Å². The quantitative estimate of drug-likeness (QED) is 0.891. The number of fused-ring (bicyclic) bond motifs is 1. The molecule has 2 aromatic rings. The molecule has 0 fully saturated rings. The Bertz CT molecular complexity index is 622. The molecule has 0 amide bonds. The van der Waals surface area contributed by atoms with Gasteiger partial charge in [0.2, 0.25) is 0 Å². The fourth-order valence-electron chi connectivity index (χ4n) is 2.45. The van der Waals surface area contributed by atoms with Crippen molar-refractivity contribution in [1.29, 1.82) is 0 Å². The third-order valence-electron chi connectivity index (χ3n) is 3.44. The first kappa shape index (κ1) is 11.8. The number of carbonyl (C=O) groups excluding carboxylic acids is 1. The molecule has 1 atom stereocenters. The van der Waals surface area contributed by atoms with Crippen molar-refractivity contribution < 1.29 is 9.53 Å². The van der Waals surface area contributed by atoms with E-state index in [-0.39, 0.29) is 11.8 Å². The molecule has 3 heteroatoms. The van der Waals surface area contributed by atoms with Gasteiger partial charge in [-0.05, 0) is 29.8 Å². The largest absolute Gasteiger partial charge is 0.497 e. The van der Waals surface area contributed by atoms with Crippen LogP contribution in [0.1, 0.15) is 28.4 Å². The number of anilines is 1. The summed E-state index contributed by atoms with van der Waals surface area (Å²) in [5.74, 6) is 0.993. The fourth-order valence-corrected chi connectivity index (χ4v) is 2.45. The number of para-hydroxylation sites is 1. The number of ether oxygens (including phenoxy) is 1. The van der Waals surface area contributed by atoms with E-state index in [2.05, 4.69) is 5.32 Å². The highest BCUT2D eigenvalue weighted by Crippen LogP contribution is 2.33. The molecule has 1 aliphatic heterocycles. The van der Waals surface area contributed by atoms with E-state index in [1.165, 1.54) is 0 Å². The van der Waals surface area contributed by atoms with Crippen LogP contribution in [-0.4, -0.2) is 12.9 Å². The highest BCUT2D eigenvalue weighted by molar-refractivity contribution is 6.03. The molecule has 0 saturated heterocycles. The zero-order valence-electron chi connectivity index (χ0n) is 10.7. The molecule has 0 unspecified atom stereocenters. The van der Waals surface area contributed by atoms with Crippen molar-refractivity contribution in [3.05, 3.63) is 59.7 Å². The van der Waals surface area contributed by atoms with Crippen molar-refractivity contribution in [2.45, 2.75) is 12.5 Å². The number of Topliss-reactive ketones (excluding diaryl/α,β-unsaturated/α-hetero) is 1. The molecule has 0 radical (unpaired) electrons. The molecule has 0 aromatic heterocycles. The Kier molecular flexibility index (Phi) is 2.95. The van der Waals surface area contributed by atoms with E-state index < -0.39 is 0 Å². The number of hydrogen-bond donors (Lipinski definition) is 1. The summed E-state index contributed by atoms with van der Waals surface area (Å²) in [5.41, 5.74) is 2.76. The van der Waals surface area contributed by atoms with Crippen LogP contribution in [0.25, 0.3) is 0 Å². The Morgan fingerprint density at radius 2 is 2.00 bits per heavy atom. The normalized spacial score (nSPS) is 17.5. The molecule has 0 aliphatic carbocycles. The van der Waals surface area contributed by atoms with Crippen molar-refractivity contribution in [3.8, 4) is 5.75 Å². The molecule has 1 aliphatic rings. The van der Waals surface area contributed by atoms with Gasteiger partial charge in [0, 0.05) is 17.7 Å². The second-order valence-electron chi connectivity index (χ2n) is 4.65. The highest BCUT2D eigenvalue weighted by atomic mass is 16.5. The summed E-state index contributed by atoms with van der Waals surface area (Å²) in [6, 6.07) is 15.5. The zero-order valence-corrected chi connectivity index (χ0v) is 10.7. The maximum atomic E-state index is 12.2. The minimum Gasteiger partial charge on any atom is -0.497 e. The molecule has 0 spiro atoms. The Hall–Kier alpha value is -2.29. The van der Waals surface area contributed by atoms with E-state index in [0.29, 0.717) is 6.42 Å². The van der Waals surface area contributed by atoms with E-state index in [1.54, 1.807) is 7.11 Å². The molecule has 96 valence electrons. The molecule has 2 aromatic carbocycles. The number of carbonyl (C=O) groups is 1.